The number of alkyl halides is 1. The summed E-state index contributed by atoms with van der Waals surface area (Å²) >= 11 is 2.29. The molecule has 236 valence electrons. The predicted octanol–water partition coefficient (Wildman–Crippen LogP) is 7.80. The van der Waals surface area contributed by atoms with Gasteiger partial charge in [0.2, 0.25) is 11.8 Å². The molecule has 1 N–H and O–H groups in total. The average molecular weight is 717 g/mol. The molecule has 0 aliphatic heterocycles. The molecule has 2 aromatic carbocycles. The van der Waals surface area contributed by atoms with E-state index in [2.05, 4.69) is 51.6 Å². The fourth-order valence-corrected chi connectivity index (χ4v) is 5.53. The Balaban J connectivity index is 0.000000246. The molecular weight excluding hydrogens is 675 g/mol. The zero-order valence-electron chi connectivity index (χ0n) is 26.0. The van der Waals surface area contributed by atoms with Crippen molar-refractivity contribution < 1.29 is 32.9 Å². The number of methoxy groups -OCH3 is 1. The smallest absolute Gasteiger partial charge is 0.335 e. The van der Waals surface area contributed by atoms with Crippen LogP contribution >= 0.6 is 22.6 Å². The molecule has 0 spiro atoms. The Morgan fingerprint density at radius 1 is 0.864 bits per heavy atom. The van der Waals surface area contributed by atoms with Crippen LogP contribution in [0.3, 0.4) is 0 Å². The summed E-state index contributed by atoms with van der Waals surface area (Å²) in [6.45, 7) is 8.40. The third-order valence-corrected chi connectivity index (χ3v) is 8.31. The lowest BCUT2D eigenvalue weighted by atomic mass is 9.95. The van der Waals surface area contributed by atoms with E-state index in [4.69, 9.17) is 28.2 Å². The summed E-state index contributed by atoms with van der Waals surface area (Å²) in [6, 6.07) is 16.3. The monoisotopic (exact) mass is 716 g/mol. The molecule has 0 bridgehead atoms. The Kier molecular flexibility index (Phi) is 12.5. The van der Waals surface area contributed by atoms with Crippen molar-refractivity contribution >= 4 is 28.6 Å². The molecule has 1 saturated carbocycles. The molecule has 0 saturated heterocycles. The maximum atomic E-state index is 11.0. The Morgan fingerprint density at radius 2 is 1.36 bits per heavy atom. The number of hydrogen-bond donors (Lipinski definition) is 1. The highest BCUT2D eigenvalue weighted by Gasteiger charge is 2.26. The van der Waals surface area contributed by atoms with Crippen LogP contribution in [0.1, 0.15) is 59.7 Å². The van der Waals surface area contributed by atoms with Gasteiger partial charge in [0.25, 0.3) is 0 Å². The Bertz CT molecular complexity index is 1480. The van der Waals surface area contributed by atoms with Gasteiger partial charge in [0.1, 0.15) is 17.2 Å². The minimum absolute atomic E-state index is 0.0210. The molecule has 3 atom stereocenters. The molecule has 9 nitrogen and oxygen atoms in total. The second-order valence-electron chi connectivity index (χ2n) is 11.0. The van der Waals surface area contributed by atoms with Crippen LogP contribution in [0.25, 0.3) is 22.9 Å². The number of aliphatic carboxylic acids is 1. The number of ether oxygens (including phenoxy) is 3. The van der Waals surface area contributed by atoms with Crippen molar-refractivity contribution in [1.82, 2.24) is 9.97 Å². The van der Waals surface area contributed by atoms with Gasteiger partial charge in [-0.05, 0) is 77.6 Å². The molecule has 1 aliphatic rings. The van der Waals surface area contributed by atoms with Crippen LogP contribution in [0.4, 0.5) is 0 Å². The highest BCUT2D eigenvalue weighted by atomic mass is 127. The number of carboxylic acid groups (broad SMARTS) is 1. The zero-order chi connectivity index (χ0) is 31.6. The van der Waals surface area contributed by atoms with Gasteiger partial charge in [-0.25, -0.2) is 14.8 Å². The van der Waals surface area contributed by atoms with Crippen LogP contribution < -0.4 is 0 Å². The highest BCUT2D eigenvalue weighted by Crippen LogP contribution is 2.27. The maximum absolute atomic E-state index is 11.0. The average Bonchev–Trinajstić information content (AvgIpc) is 3.59. The summed E-state index contributed by atoms with van der Waals surface area (Å²) < 4.78 is 29.1. The van der Waals surface area contributed by atoms with E-state index in [1.165, 1.54) is 18.2 Å². The van der Waals surface area contributed by atoms with E-state index in [0.717, 1.165) is 70.0 Å². The lowest BCUT2D eigenvalue weighted by Gasteiger charge is -2.29. The van der Waals surface area contributed by atoms with Crippen molar-refractivity contribution in [1.29, 1.82) is 0 Å². The maximum Gasteiger partial charge on any atom is 0.335 e. The van der Waals surface area contributed by atoms with E-state index in [0.29, 0.717) is 12.5 Å². The second-order valence-corrected chi connectivity index (χ2v) is 11.8. The Hall–Kier alpha value is -3.06. The molecule has 2 heterocycles. The van der Waals surface area contributed by atoms with E-state index in [9.17, 15) is 4.79 Å². The summed E-state index contributed by atoms with van der Waals surface area (Å²) in [6.07, 6.45) is 2.66. The second kappa shape index (κ2) is 16.3. The number of rotatable bonds is 11. The van der Waals surface area contributed by atoms with E-state index < -0.39 is 12.1 Å². The van der Waals surface area contributed by atoms with Crippen LogP contribution in [-0.4, -0.2) is 53.1 Å². The first-order valence-corrected chi connectivity index (χ1v) is 16.3. The molecule has 2 aromatic heterocycles. The van der Waals surface area contributed by atoms with E-state index in [1.54, 1.807) is 0 Å². The first-order valence-electron chi connectivity index (χ1n) is 14.8. The van der Waals surface area contributed by atoms with Crippen LogP contribution in [0.2, 0.25) is 0 Å². The predicted molar refractivity (Wildman–Crippen MR) is 176 cm³/mol. The largest absolute Gasteiger partial charge is 0.479 e. The molecule has 1 fully saturated rings. The van der Waals surface area contributed by atoms with E-state index in [-0.39, 0.29) is 18.8 Å². The third kappa shape index (κ3) is 9.47. The van der Waals surface area contributed by atoms with Crippen LogP contribution in [0, 0.1) is 27.7 Å². The van der Waals surface area contributed by atoms with Gasteiger partial charge in [-0.15, -0.1) is 0 Å². The van der Waals surface area contributed by atoms with Gasteiger partial charge in [-0.3, -0.25) is 0 Å². The number of aromatic nitrogens is 2. The normalized spacial score (nSPS) is 17.1. The van der Waals surface area contributed by atoms with Gasteiger partial charge in [0, 0.05) is 22.7 Å². The van der Waals surface area contributed by atoms with Crippen molar-refractivity contribution in [2.24, 2.45) is 0 Å². The van der Waals surface area contributed by atoms with Crippen molar-refractivity contribution in [3.63, 3.8) is 0 Å². The highest BCUT2D eigenvalue weighted by molar-refractivity contribution is 14.1. The van der Waals surface area contributed by atoms with Crippen LogP contribution in [-0.2, 0) is 30.0 Å². The van der Waals surface area contributed by atoms with Crippen molar-refractivity contribution in [2.75, 3.05) is 13.7 Å². The van der Waals surface area contributed by atoms with Crippen molar-refractivity contribution in [3.8, 4) is 22.9 Å². The van der Waals surface area contributed by atoms with Gasteiger partial charge in [-0.2, -0.15) is 0 Å². The number of carboxylic acids is 1. The topological polar surface area (TPSA) is 117 Å². The van der Waals surface area contributed by atoms with Crippen molar-refractivity contribution in [3.05, 3.63) is 82.6 Å². The van der Waals surface area contributed by atoms with Gasteiger partial charge < -0.3 is 28.2 Å². The summed E-state index contributed by atoms with van der Waals surface area (Å²) in [5.74, 6) is 1.99. The molecular formula is C34H41IN2O7. The quantitative estimate of drug-likeness (QED) is 0.123. The third-order valence-electron chi connectivity index (χ3n) is 7.59. The molecule has 1 unspecified atom stereocenters. The van der Waals surface area contributed by atoms with Crippen LogP contribution in [0.5, 0.6) is 0 Å². The Morgan fingerprint density at radius 3 is 1.84 bits per heavy atom. The van der Waals surface area contributed by atoms with Gasteiger partial charge in [0.05, 0.1) is 31.1 Å². The van der Waals surface area contributed by atoms with Gasteiger partial charge >= 0.3 is 5.97 Å². The fourth-order valence-electron chi connectivity index (χ4n) is 4.82. The molecule has 4 aromatic rings. The Labute approximate surface area is 272 Å². The first-order chi connectivity index (χ1) is 21.2. The van der Waals surface area contributed by atoms with Crippen LogP contribution in [0.15, 0.2) is 57.4 Å². The summed E-state index contributed by atoms with van der Waals surface area (Å²) in [5, 5.41) is 9.04. The standard InChI is InChI=1S/C22H29NO6.C12H12INO/c1-14-7-9-16(10-8-14)21-23-19(15(2)29-21)12-27-17-5-4-6-18(11-17)28-13-20(26-3)22(24)25;1-8-3-5-10(6-4-8)12-14-11(7-13)9(2)15-12/h7-10,17-18,20H,4-6,11-13H2,1-3H3,(H,24,25);3-6H,7H2,1-2H3/t17-,18+,20?;/m0./s1. The SMILES string of the molecule is COC(CO[C@@H]1CCC[C@H](OCc2nc(-c3ccc(C)cc3)oc2C)C1)C(=O)O.Cc1ccc(-c2nc(CI)c(C)o2)cc1. The number of carbonyl (C=O) groups is 1. The lowest BCUT2D eigenvalue weighted by Crippen LogP contribution is -2.34. The van der Waals surface area contributed by atoms with E-state index in [1.807, 2.05) is 57.2 Å². The summed E-state index contributed by atoms with van der Waals surface area (Å²) in [4.78, 5) is 20.1. The number of nitrogens with zero attached hydrogens (tertiary/aromatic N) is 2. The molecule has 0 amide bonds. The molecule has 5 rings (SSSR count). The molecule has 10 heteroatoms. The number of benzene rings is 2. The number of hydrogen-bond acceptors (Lipinski definition) is 8. The molecule has 1 aliphatic carbocycles. The number of halogens is 1. The molecule has 44 heavy (non-hydrogen) atoms. The first kappa shape index (κ1) is 33.8. The minimum atomic E-state index is -1.01. The van der Waals surface area contributed by atoms with Crippen molar-refractivity contribution in [2.45, 2.75) is 82.7 Å². The minimum Gasteiger partial charge on any atom is -0.479 e. The van der Waals surface area contributed by atoms with Gasteiger partial charge in [-0.1, -0.05) is 58.0 Å². The lowest BCUT2D eigenvalue weighted by molar-refractivity contribution is -0.155. The summed E-state index contributed by atoms with van der Waals surface area (Å²) in [7, 11) is 1.38. The van der Waals surface area contributed by atoms with Gasteiger partial charge in [0.15, 0.2) is 6.10 Å². The number of oxazole rings is 2. The summed E-state index contributed by atoms with van der Waals surface area (Å²) in [5.41, 5.74) is 6.26. The van der Waals surface area contributed by atoms with E-state index >= 15 is 0 Å². The molecule has 0 radical (unpaired) electrons. The fraction of sp³-hybridized carbons (Fsp3) is 0.441. The number of aryl methyl sites for hydroxylation is 4. The zero-order valence-corrected chi connectivity index (χ0v) is 28.1.